The smallest absolute Gasteiger partial charge is 0.305 e. The summed E-state index contributed by atoms with van der Waals surface area (Å²) < 4.78 is 4.89. The molecule has 0 amide bonds. The van der Waals surface area contributed by atoms with E-state index in [1.54, 1.807) is 0 Å². The molecule has 0 unspecified atom stereocenters. The normalized spacial score (nSPS) is 11.3. The number of carbonyl (C=O) groups is 1. The fourth-order valence-corrected chi connectivity index (χ4v) is 5.65. The van der Waals surface area contributed by atoms with Gasteiger partial charge in [0, 0.05) is 47.3 Å². The van der Waals surface area contributed by atoms with E-state index < -0.39 is 0 Å². The fraction of sp³-hybridized carbons (Fsp3) is 0.184. The SMILES string of the molecule is COC(=O)CCCC(c1ccc(Cc2ccc3ccccc3n2)cc1)c1ccc(Cc2ccc3ccccc3n2)cc1. The van der Waals surface area contributed by atoms with Crippen LogP contribution in [0.1, 0.15) is 58.8 Å². The molecule has 6 rings (SSSR count). The lowest BCUT2D eigenvalue weighted by Crippen LogP contribution is -2.05. The molecule has 0 aliphatic heterocycles. The minimum atomic E-state index is -0.162. The van der Waals surface area contributed by atoms with E-state index in [4.69, 9.17) is 14.7 Å². The minimum Gasteiger partial charge on any atom is -0.469 e. The van der Waals surface area contributed by atoms with Crippen LogP contribution in [0.2, 0.25) is 0 Å². The van der Waals surface area contributed by atoms with Crippen molar-refractivity contribution in [1.82, 2.24) is 9.97 Å². The quantitative estimate of drug-likeness (QED) is 0.161. The lowest BCUT2D eigenvalue weighted by atomic mass is 9.86. The number of carbonyl (C=O) groups excluding carboxylic acids is 1. The number of hydrogen-bond acceptors (Lipinski definition) is 4. The number of ether oxygens (including phenoxy) is 1. The maximum atomic E-state index is 11.8. The summed E-state index contributed by atoms with van der Waals surface area (Å²) >= 11 is 0. The highest BCUT2D eigenvalue weighted by Crippen LogP contribution is 2.31. The molecule has 0 spiro atoms. The maximum Gasteiger partial charge on any atom is 0.305 e. The zero-order valence-electron chi connectivity index (χ0n) is 23.9. The van der Waals surface area contributed by atoms with Crippen molar-refractivity contribution in [1.29, 1.82) is 0 Å². The molecule has 0 saturated carbocycles. The molecule has 0 radical (unpaired) electrons. The van der Waals surface area contributed by atoms with Crippen molar-refractivity contribution in [2.45, 2.75) is 38.0 Å². The predicted molar refractivity (Wildman–Crippen MR) is 170 cm³/mol. The average molecular weight is 551 g/mol. The molecule has 4 heteroatoms. The molecule has 208 valence electrons. The van der Waals surface area contributed by atoms with Crippen molar-refractivity contribution >= 4 is 27.8 Å². The molecule has 4 aromatic carbocycles. The highest BCUT2D eigenvalue weighted by molar-refractivity contribution is 5.79. The van der Waals surface area contributed by atoms with Gasteiger partial charge in [0.25, 0.3) is 0 Å². The third kappa shape index (κ3) is 6.55. The molecular weight excluding hydrogens is 516 g/mol. The van der Waals surface area contributed by atoms with E-state index >= 15 is 0 Å². The first-order valence-electron chi connectivity index (χ1n) is 14.6. The number of hydrogen-bond donors (Lipinski definition) is 0. The Balaban J connectivity index is 1.19. The van der Waals surface area contributed by atoms with E-state index in [0.29, 0.717) is 6.42 Å². The van der Waals surface area contributed by atoms with Crippen molar-refractivity contribution in [3.05, 3.63) is 155 Å². The summed E-state index contributed by atoms with van der Waals surface area (Å²) in [5.74, 6) is 0.0283. The van der Waals surface area contributed by atoms with Crippen LogP contribution in [0.3, 0.4) is 0 Å². The zero-order chi connectivity index (χ0) is 28.7. The van der Waals surface area contributed by atoms with Crippen LogP contribution in [0, 0.1) is 0 Å². The number of fused-ring (bicyclic) bond motifs is 2. The van der Waals surface area contributed by atoms with Crippen LogP contribution in [0.25, 0.3) is 21.8 Å². The third-order valence-corrected chi connectivity index (χ3v) is 7.95. The van der Waals surface area contributed by atoms with Crippen molar-refractivity contribution in [2.24, 2.45) is 0 Å². The van der Waals surface area contributed by atoms with E-state index in [9.17, 15) is 4.79 Å². The number of esters is 1. The Bertz CT molecular complexity index is 1690. The lowest BCUT2D eigenvalue weighted by Gasteiger charge is -2.19. The Morgan fingerprint density at radius 1 is 0.619 bits per heavy atom. The second-order valence-corrected chi connectivity index (χ2v) is 10.8. The van der Waals surface area contributed by atoms with Crippen molar-refractivity contribution in [3.63, 3.8) is 0 Å². The van der Waals surface area contributed by atoms with Crippen LogP contribution in [0.5, 0.6) is 0 Å². The van der Waals surface area contributed by atoms with Crippen LogP contribution in [-0.4, -0.2) is 23.0 Å². The number of methoxy groups -OCH3 is 1. The molecule has 4 nitrogen and oxygen atoms in total. The van der Waals surface area contributed by atoms with Gasteiger partial charge in [-0.25, -0.2) is 0 Å². The van der Waals surface area contributed by atoms with Crippen LogP contribution >= 0.6 is 0 Å². The van der Waals surface area contributed by atoms with Crippen LogP contribution in [-0.2, 0) is 22.4 Å². The highest BCUT2D eigenvalue weighted by atomic mass is 16.5. The Morgan fingerprint density at radius 3 is 1.57 bits per heavy atom. The largest absolute Gasteiger partial charge is 0.469 e. The van der Waals surface area contributed by atoms with E-state index in [0.717, 1.165) is 58.9 Å². The first-order valence-corrected chi connectivity index (χ1v) is 14.6. The van der Waals surface area contributed by atoms with E-state index in [1.165, 1.54) is 29.4 Å². The Labute approximate surface area is 247 Å². The molecular formula is C38H34N2O2. The summed E-state index contributed by atoms with van der Waals surface area (Å²) in [5, 5.41) is 2.32. The van der Waals surface area contributed by atoms with E-state index in [2.05, 4.69) is 97.1 Å². The van der Waals surface area contributed by atoms with Crippen LogP contribution in [0.4, 0.5) is 0 Å². The van der Waals surface area contributed by atoms with Crippen molar-refractivity contribution < 1.29 is 9.53 Å². The predicted octanol–water partition coefficient (Wildman–Crippen LogP) is 8.44. The van der Waals surface area contributed by atoms with Crippen molar-refractivity contribution in [3.8, 4) is 0 Å². The summed E-state index contributed by atoms with van der Waals surface area (Å²) in [6, 6.07) is 42.7. The Morgan fingerprint density at radius 2 is 1.10 bits per heavy atom. The summed E-state index contributed by atoms with van der Waals surface area (Å²) in [6.07, 6.45) is 3.63. The van der Waals surface area contributed by atoms with E-state index in [-0.39, 0.29) is 11.9 Å². The summed E-state index contributed by atoms with van der Waals surface area (Å²) in [4.78, 5) is 21.5. The molecule has 0 aliphatic rings. The first kappa shape index (κ1) is 27.3. The lowest BCUT2D eigenvalue weighted by molar-refractivity contribution is -0.140. The number of benzene rings is 4. The standard InChI is InChI=1S/C38H34N2O2/c1-42-38(41)12-6-9-35(29-17-13-27(14-18-29)25-33-23-21-31-7-2-4-10-36(31)39-33)30-19-15-28(16-20-30)26-34-24-22-32-8-3-5-11-37(32)40-34/h2-5,7-8,10-11,13-24,35H,6,9,12,25-26H2,1H3. The number of aromatic nitrogens is 2. The number of rotatable bonds is 10. The van der Waals surface area contributed by atoms with E-state index in [1.807, 2.05) is 24.3 Å². The Kier molecular flexibility index (Phi) is 8.32. The molecule has 2 heterocycles. The average Bonchev–Trinajstić information content (AvgIpc) is 3.04. The van der Waals surface area contributed by atoms with Gasteiger partial charge in [-0.1, -0.05) is 97.1 Å². The number of nitrogens with zero attached hydrogens (tertiary/aromatic N) is 2. The molecule has 0 atom stereocenters. The molecule has 0 saturated heterocycles. The Hall–Kier alpha value is -4.83. The monoisotopic (exact) mass is 550 g/mol. The first-order chi connectivity index (χ1) is 20.6. The second-order valence-electron chi connectivity index (χ2n) is 10.8. The molecule has 0 aliphatic carbocycles. The summed E-state index contributed by atoms with van der Waals surface area (Å²) in [7, 11) is 1.45. The third-order valence-electron chi connectivity index (χ3n) is 7.95. The van der Waals surface area contributed by atoms with Gasteiger partial charge in [0.05, 0.1) is 18.1 Å². The fourth-order valence-electron chi connectivity index (χ4n) is 5.65. The topological polar surface area (TPSA) is 52.1 Å². The zero-order valence-corrected chi connectivity index (χ0v) is 23.9. The summed E-state index contributed by atoms with van der Waals surface area (Å²) in [6.45, 7) is 0. The van der Waals surface area contributed by atoms with Gasteiger partial charge < -0.3 is 4.74 Å². The molecule has 0 fully saturated rings. The molecule has 2 aromatic heterocycles. The van der Waals surface area contributed by atoms with Gasteiger partial charge in [-0.15, -0.1) is 0 Å². The van der Waals surface area contributed by atoms with Gasteiger partial charge in [-0.05, 0) is 59.4 Å². The van der Waals surface area contributed by atoms with Gasteiger partial charge in [-0.3, -0.25) is 14.8 Å². The number of para-hydroxylation sites is 2. The molecule has 6 aromatic rings. The minimum absolute atomic E-state index is 0.162. The van der Waals surface area contributed by atoms with Crippen molar-refractivity contribution in [2.75, 3.05) is 7.11 Å². The van der Waals surface area contributed by atoms with Gasteiger partial charge >= 0.3 is 5.97 Å². The van der Waals surface area contributed by atoms with Gasteiger partial charge in [0.2, 0.25) is 0 Å². The van der Waals surface area contributed by atoms with Gasteiger partial charge in [0.15, 0.2) is 0 Å². The maximum absolute atomic E-state index is 11.8. The molecule has 0 bridgehead atoms. The molecule has 42 heavy (non-hydrogen) atoms. The second kappa shape index (κ2) is 12.8. The van der Waals surface area contributed by atoms with Gasteiger partial charge in [-0.2, -0.15) is 0 Å². The molecule has 0 N–H and O–H groups in total. The van der Waals surface area contributed by atoms with Gasteiger partial charge in [0.1, 0.15) is 0 Å². The van der Waals surface area contributed by atoms with Crippen LogP contribution in [0.15, 0.2) is 121 Å². The number of pyridine rings is 2. The summed E-state index contributed by atoms with van der Waals surface area (Å²) in [5.41, 5.74) is 9.13. The van der Waals surface area contributed by atoms with Crippen LogP contribution < -0.4 is 0 Å². The highest BCUT2D eigenvalue weighted by Gasteiger charge is 2.16.